The second-order valence-corrected chi connectivity index (χ2v) is 23.6. The number of halogens is 3. The van der Waals surface area contributed by atoms with Gasteiger partial charge in [0.05, 0.1) is 0 Å². The van der Waals surface area contributed by atoms with E-state index >= 15 is 0 Å². The van der Waals surface area contributed by atoms with Crippen molar-refractivity contribution in [3.05, 3.63) is 105 Å². The molecule has 0 N–H and O–H groups in total. The van der Waals surface area contributed by atoms with Gasteiger partial charge in [0.25, 0.3) is 0 Å². The maximum Gasteiger partial charge on any atom is -1.00 e. The molecule has 0 nitrogen and oxygen atoms in total. The summed E-state index contributed by atoms with van der Waals surface area (Å²) in [5, 5.41) is 6.16. The van der Waals surface area contributed by atoms with Gasteiger partial charge in [-0.3, -0.25) is 0 Å². The zero-order valence-corrected chi connectivity index (χ0v) is 31.7. The molecule has 0 saturated heterocycles. The summed E-state index contributed by atoms with van der Waals surface area (Å²) in [6, 6.07) is 24.6. The molecule has 1 aliphatic carbocycles. The van der Waals surface area contributed by atoms with Crippen LogP contribution in [0.4, 0.5) is 0 Å². The molecular weight excluding hydrogens is 619 g/mol. The Morgan fingerprint density at radius 1 is 0.500 bits per heavy atom. The molecule has 0 aliphatic heterocycles. The SMILES string of the molecule is CC1=C(C)[C]([Ti+3])([Si](c2cc(C)cc(C)c2)(c2cc(C)cc(C)c2)c2cccc([Si](C)(C)C)c2)C(C)=C1C.[Cl-].[Cl-].[Cl-]. The van der Waals surface area contributed by atoms with Crippen LogP contribution in [-0.4, -0.2) is 16.1 Å². The van der Waals surface area contributed by atoms with Gasteiger partial charge in [0.2, 0.25) is 0 Å². The molecule has 1 aliphatic rings. The molecule has 0 fully saturated rings. The molecule has 3 aromatic rings. The largest absolute Gasteiger partial charge is 1.00 e. The Bertz CT molecular complexity index is 1350. The summed E-state index contributed by atoms with van der Waals surface area (Å²) >= 11 is 2.58. The molecule has 0 amide bonds. The van der Waals surface area contributed by atoms with Crippen molar-refractivity contribution in [2.45, 2.75) is 78.4 Å². The van der Waals surface area contributed by atoms with Crippen molar-refractivity contribution >= 4 is 36.9 Å². The summed E-state index contributed by atoms with van der Waals surface area (Å²) in [6.45, 7) is 26.1. The van der Waals surface area contributed by atoms with Gasteiger partial charge in [-0.15, -0.1) is 0 Å². The minimum atomic E-state index is -2.65. The molecule has 0 bridgehead atoms. The van der Waals surface area contributed by atoms with Crippen LogP contribution in [0, 0.1) is 27.7 Å². The Balaban J connectivity index is 0.00000267. The molecule has 3 aromatic carbocycles. The van der Waals surface area contributed by atoms with Crippen LogP contribution in [-0.2, 0) is 20.4 Å². The summed E-state index contributed by atoms with van der Waals surface area (Å²) in [5.74, 6) is 0. The summed E-state index contributed by atoms with van der Waals surface area (Å²) < 4.78 is -0.0697. The third kappa shape index (κ3) is 5.98. The smallest absolute Gasteiger partial charge is 1.00 e. The molecule has 0 atom stereocenters. The topological polar surface area (TPSA) is 0 Å². The molecule has 0 aromatic heterocycles. The van der Waals surface area contributed by atoms with Gasteiger partial charge in [0.1, 0.15) is 0 Å². The average molecular weight is 662 g/mol. The van der Waals surface area contributed by atoms with Crippen molar-refractivity contribution in [3.8, 4) is 0 Å². The molecule has 0 saturated carbocycles. The average Bonchev–Trinajstić information content (AvgIpc) is 2.94. The minimum absolute atomic E-state index is 0. The van der Waals surface area contributed by atoms with Crippen LogP contribution in [0.2, 0.25) is 23.0 Å². The predicted molar refractivity (Wildman–Crippen MR) is 165 cm³/mol. The molecule has 212 valence electrons. The van der Waals surface area contributed by atoms with Crippen LogP contribution >= 0.6 is 0 Å². The summed E-state index contributed by atoms with van der Waals surface area (Å²) in [6.07, 6.45) is 0. The van der Waals surface area contributed by atoms with Gasteiger partial charge in [-0.2, -0.15) is 0 Å². The molecule has 0 spiro atoms. The second-order valence-electron chi connectivity index (χ2n) is 12.6. The van der Waals surface area contributed by atoms with Gasteiger partial charge in [0, 0.05) is 0 Å². The first-order valence-electron chi connectivity index (χ1n) is 13.5. The Kier molecular flexibility index (Phi) is 12.3. The van der Waals surface area contributed by atoms with Gasteiger partial charge < -0.3 is 37.2 Å². The maximum atomic E-state index is 2.63. The third-order valence-corrected chi connectivity index (χ3v) is 19.2. The van der Waals surface area contributed by atoms with E-state index in [0.29, 0.717) is 0 Å². The van der Waals surface area contributed by atoms with E-state index in [0.717, 1.165) is 0 Å². The van der Waals surface area contributed by atoms with Crippen LogP contribution in [0.3, 0.4) is 0 Å². The molecule has 4 rings (SSSR count). The number of hydrogen-bond acceptors (Lipinski definition) is 0. The quantitative estimate of drug-likeness (QED) is 0.217. The van der Waals surface area contributed by atoms with Crippen molar-refractivity contribution in [2.24, 2.45) is 0 Å². The molecule has 0 radical (unpaired) electrons. The summed E-state index contributed by atoms with van der Waals surface area (Å²) in [7, 11) is -4.17. The zero-order chi connectivity index (χ0) is 27.5. The van der Waals surface area contributed by atoms with E-state index in [4.69, 9.17) is 0 Å². The predicted octanol–water partition coefficient (Wildman–Crippen LogP) is -2.12. The van der Waals surface area contributed by atoms with E-state index in [2.05, 4.69) is 156 Å². The van der Waals surface area contributed by atoms with Crippen LogP contribution in [0.15, 0.2) is 83.0 Å². The fourth-order valence-electron chi connectivity index (χ4n) is 6.72. The first kappa shape index (κ1) is 37.2. The number of allylic oxidation sites excluding steroid dienone is 4. The normalized spacial score (nSPS) is 14.9. The fourth-order valence-corrected chi connectivity index (χ4v) is 17.0. The Morgan fingerprint density at radius 2 is 0.850 bits per heavy atom. The van der Waals surface area contributed by atoms with Gasteiger partial charge in [0.15, 0.2) is 0 Å². The van der Waals surface area contributed by atoms with Crippen molar-refractivity contribution in [1.29, 1.82) is 0 Å². The van der Waals surface area contributed by atoms with Crippen LogP contribution in [0.5, 0.6) is 0 Å². The van der Waals surface area contributed by atoms with Crippen molar-refractivity contribution in [3.63, 3.8) is 0 Å². The van der Waals surface area contributed by atoms with Gasteiger partial charge >= 0.3 is 241 Å². The zero-order valence-electron chi connectivity index (χ0n) is 25.9. The summed E-state index contributed by atoms with van der Waals surface area (Å²) in [5.41, 5.74) is 11.5. The van der Waals surface area contributed by atoms with Crippen LogP contribution in [0.25, 0.3) is 0 Å². The van der Waals surface area contributed by atoms with Gasteiger partial charge in [-0.1, -0.05) is 0 Å². The van der Waals surface area contributed by atoms with Crippen molar-refractivity contribution in [1.82, 2.24) is 0 Å². The van der Waals surface area contributed by atoms with E-state index in [1.165, 1.54) is 43.8 Å². The first-order chi connectivity index (χ1) is 17.1. The number of rotatable bonds is 5. The maximum absolute atomic E-state index is 2.65. The molecular formula is C34H43Cl3Si2Ti. The summed E-state index contributed by atoms with van der Waals surface area (Å²) in [4.78, 5) is 0. The monoisotopic (exact) mass is 660 g/mol. The van der Waals surface area contributed by atoms with Gasteiger partial charge in [-0.05, 0) is 0 Å². The van der Waals surface area contributed by atoms with Crippen LogP contribution in [0.1, 0.15) is 49.9 Å². The Labute approximate surface area is 276 Å². The van der Waals surface area contributed by atoms with E-state index in [-0.39, 0.29) is 40.6 Å². The number of benzene rings is 3. The van der Waals surface area contributed by atoms with Crippen molar-refractivity contribution < 1.29 is 57.7 Å². The molecule has 0 unspecified atom stereocenters. The Hall–Kier alpha value is -0.842. The number of hydrogen-bond donors (Lipinski definition) is 0. The first-order valence-corrected chi connectivity index (χ1v) is 19.8. The molecule has 0 heterocycles. The Morgan fingerprint density at radius 3 is 1.20 bits per heavy atom. The van der Waals surface area contributed by atoms with Crippen molar-refractivity contribution in [2.75, 3.05) is 0 Å². The molecule has 6 heteroatoms. The second kappa shape index (κ2) is 13.2. The van der Waals surface area contributed by atoms with E-state index in [1.54, 1.807) is 21.5 Å². The van der Waals surface area contributed by atoms with E-state index < -0.39 is 16.1 Å². The van der Waals surface area contributed by atoms with Gasteiger partial charge in [-0.25, -0.2) is 0 Å². The number of aryl methyl sites for hydroxylation is 4. The fraction of sp³-hybridized carbons (Fsp3) is 0.353. The third-order valence-electron chi connectivity index (χ3n) is 8.85. The standard InChI is InChI=1S/C34H43Si2.3ClH.Ti/c1-22-15-23(2)18-32(17-22)36(33-19-24(3)16-25(4)20-33,34-28(7)26(5)27(6)29(34)8)31-14-12-13-30(21-31)35(9,10)11;;;;/h12-21H,1-11H3;3*1H;/q;;;;+3/p-3. The van der Waals surface area contributed by atoms with E-state index in [9.17, 15) is 0 Å². The molecule has 40 heavy (non-hydrogen) atoms. The van der Waals surface area contributed by atoms with E-state index in [1.807, 2.05) is 0 Å². The minimum Gasteiger partial charge on any atom is -1.00 e. The van der Waals surface area contributed by atoms with Crippen LogP contribution < -0.4 is 58.0 Å².